The first-order valence-corrected chi connectivity index (χ1v) is 5.72. The van der Waals surface area contributed by atoms with Crippen LogP contribution in [0, 0.1) is 13.8 Å². The maximum Gasteiger partial charge on any atom is 0.176 e. The number of carbonyl (C=O) groups is 1. The molecule has 0 N–H and O–H groups in total. The van der Waals surface area contributed by atoms with E-state index in [2.05, 4.69) is 15.9 Å². The van der Waals surface area contributed by atoms with Crippen molar-refractivity contribution in [3.05, 3.63) is 28.8 Å². The number of carbonyl (C=O) groups excluding carboxylic acids is 1. The van der Waals surface area contributed by atoms with Gasteiger partial charge in [-0.2, -0.15) is 0 Å². The molecule has 2 nitrogen and oxygen atoms in total. The monoisotopic (exact) mass is 270 g/mol. The van der Waals surface area contributed by atoms with Crippen molar-refractivity contribution in [3.63, 3.8) is 0 Å². The molecule has 0 aliphatic carbocycles. The van der Waals surface area contributed by atoms with Gasteiger partial charge in [0.2, 0.25) is 0 Å². The summed E-state index contributed by atoms with van der Waals surface area (Å²) in [4.78, 5) is 11.6. The highest BCUT2D eigenvalue weighted by Gasteiger charge is 2.14. The van der Waals surface area contributed by atoms with E-state index in [4.69, 9.17) is 4.74 Å². The molecule has 1 rings (SSSR count). The zero-order valence-corrected chi connectivity index (χ0v) is 11.0. The van der Waals surface area contributed by atoms with Gasteiger partial charge < -0.3 is 4.74 Å². The lowest BCUT2D eigenvalue weighted by molar-refractivity contribution is 0.0995. The second kappa shape index (κ2) is 4.79. The predicted molar refractivity (Wildman–Crippen MR) is 65.2 cm³/mol. The molecule has 0 heterocycles. The molecular formula is C12H15BrO2. The van der Waals surface area contributed by atoms with Crippen LogP contribution in [-0.4, -0.2) is 17.7 Å². The summed E-state index contributed by atoms with van der Waals surface area (Å²) in [7, 11) is 1.64. The van der Waals surface area contributed by atoms with E-state index in [-0.39, 0.29) is 10.6 Å². The van der Waals surface area contributed by atoms with E-state index in [0.717, 1.165) is 22.4 Å². The van der Waals surface area contributed by atoms with Crippen LogP contribution < -0.4 is 4.74 Å². The Hall–Kier alpha value is -0.830. The summed E-state index contributed by atoms with van der Waals surface area (Å²) < 4.78 is 5.25. The van der Waals surface area contributed by atoms with Crippen LogP contribution in [0.25, 0.3) is 0 Å². The van der Waals surface area contributed by atoms with Gasteiger partial charge in [-0.05, 0) is 44.0 Å². The van der Waals surface area contributed by atoms with Gasteiger partial charge in [-0.1, -0.05) is 15.9 Å². The molecule has 0 saturated carbocycles. The SMILES string of the molecule is COc1c(C)cc(C(=O)C(C)Br)cc1C. The molecule has 0 spiro atoms. The molecule has 0 radical (unpaired) electrons. The van der Waals surface area contributed by atoms with E-state index >= 15 is 0 Å². The van der Waals surface area contributed by atoms with E-state index in [0.29, 0.717) is 0 Å². The van der Waals surface area contributed by atoms with Gasteiger partial charge in [-0.25, -0.2) is 0 Å². The Bertz CT molecular complexity index is 360. The number of halogens is 1. The number of aryl methyl sites for hydroxylation is 2. The van der Waals surface area contributed by atoms with Gasteiger partial charge in [0.1, 0.15) is 5.75 Å². The average molecular weight is 271 g/mol. The maximum absolute atomic E-state index is 11.8. The van der Waals surface area contributed by atoms with Gasteiger partial charge in [0.15, 0.2) is 5.78 Å². The number of methoxy groups -OCH3 is 1. The van der Waals surface area contributed by atoms with Gasteiger partial charge >= 0.3 is 0 Å². The second-order valence-corrected chi connectivity index (χ2v) is 5.00. The Morgan fingerprint density at radius 2 is 1.80 bits per heavy atom. The number of benzene rings is 1. The molecule has 0 aliphatic heterocycles. The standard InChI is InChI=1S/C12H15BrO2/c1-7-5-10(11(14)9(3)13)6-8(2)12(7)15-4/h5-6,9H,1-4H3. The Morgan fingerprint density at radius 3 is 2.13 bits per heavy atom. The average Bonchev–Trinajstić information content (AvgIpc) is 2.15. The third-order valence-corrected chi connectivity index (χ3v) is 2.73. The van der Waals surface area contributed by atoms with Crippen molar-refractivity contribution in [3.8, 4) is 5.75 Å². The molecule has 1 unspecified atom stereocenters. The van der Waals surface area contributed by atoms with Crippen LogP contribution in [0.5, 0.6) is 5.75 Å². The number of hydrogen-bond acceptors (Lipinski definition) is 2. The summed E-state index contributed by atoms with van der Waals surface area (Å²) in [6, 6.07) is 3.73. The summed E-state index contributed by atoms with van der Waals surface area (Å²) >= 11 is 3.28. The Kier molecular flexibility index (Phi) is 3.91. The largest absolute Gasteiger partial charge is 0.496 e. The highest BCUT2D eigenvalue weighted by Crippen LogP contribution is 2.25. The van der Waals surface area contributed by atoms with Gasteiger partial charge in [0, 0.05) is 5.56 Å². The molecule has 3 heteroatoms. The zero-order chi connectivity index (χ0) is 11.6. The number of rotatable bonds is 3. The Balaban J connectivity index is 3.20. The second-order valence-electron chi connectivity index (χ2n) is 3.62. The van der Waals surface area contributed by atoms with E-state index < -0.39 is 0 Å². The fraction of sp³-hybridized carbons (Fsp3) is 0.417. The van der Waals surface area contributed by atoms with Crippen LogP contribution in [-0.2, 0) is 0 Å². The summed E-state index contributed by atoms with van der Waals surface area (Å²) in [5.74, 6) is 0.956. The third-order valence-electron chi connectivity index (χ3n) is 2.31. The fourth-order valence-electron chi connectivity index (χ4n) is 1.64. The van der Waals surface area contributed by atoms with Gasteiger partial charge in [-0.15, -0.1) is 0 Å². The number of hydrogen-bond donors (Lipinski definition) is 0. The zero-order valence-electron chi connectivity index (χ0n) is 9.43. The molecule has 0 aliphatic rings. The lowest BCUT2D eigenvalue weighted by Crippen LogP contribution is -2.10. The summed E-state index contributed by atoms with van der Waals surface area (Å²) in [5.41, 5.74) is 2.72. The van der Waals surface area contributed by atoms with Crippen molar-refractivity contribution in [1.82, 2.24) is 0 Å². The van der Waals surface area contributed by atoms with E-state index in [1.54, 1.807) is 7.11 Å². The molecule has 82 valence electrons. The minimum atomic E-state index is -0.148. The van der Waals surface area contributed by atoms with Crippen LogP contribution >= 0.6 is 15.9 Å². The van der Waals surface area contributed by atoms with Crippen molar-refractivity contribution in [2.24, 2.45) is 0 Å². The molecule has 0 aromatic heterocycles. The molecular weight excluding hydrogens is 256 g/mol. The van der Waals surface area contributed by atoms with Gasteiger partial charge in [0.05, 0.1) is 11.9 Å². The normalized spacial score (nSPS) is 12.3. The number of ketones is 1. The van der Waals surface area contributed by atoms with Crippen molar-refractivity contribution < 1.29 is 9.53 Å². The van der Waals surface area contributed by atoms with Crippen molar-refractivity contribution >= 4 is 21.7 Å². The minimum Gasteiger partial charge on any atom is -0.496 e. The van der Waals surface area contributed by atoms with Crippen molar-refractivity contribution in [2.45, 2.75) is 25.6 Å². The first kappa shape index (κ1) is 12.2. The maximum atomic E-state index is 11.8. The Labute approximate surface area is 98.8 Å². The molecule has 1 aromatic carbocycles. The quantitative estimate of drug-likeness (QED) is 0.623. The smallest absolute Gasteiger partial charge is 0.176 e. The summed E-state index contributed by atoms with van der Waals surface area (Å²) in [6.45, 7) is 5.72. The number of alkyl halides is 1. The van der Waals surface area contributed by atoms with E-state index in [1.807, 2.05) is 32.9 Å². The summed E-state index contributed by atoms with van der Waals surface area (Å²) in [5, 5.41) is 0. The third kappa shape index (κ3) is 2.59. The first-order chi connectivity index (χ1) is 6.97. The molecule has 1 aromatic rings. The summed E-state index contributed by atoms with van der Waals surface area (Å²) in [6.07, 6.45) is 0. The Morgan fingerprint density at radius 1 is 1.33 bits per heavy atom. The lowest BCUT2D eigenvalue weighted by Gasteiger charge is -2.11. The van der Waals surface area contributed by atoms with Crippen LogP contribution in [0.15, 0.2) is 12.1 Å². The molecule has 0 saturated heterocycles. The van der Waals surface area contributed by atoms with Gasteiger partial charge in [0.25, 0.3) is 0 Å². The minimum absolute atomic E-state index is 0.101. The molecule has 0 amide bonds. The highest BCUT2D eigenvalue weighted by atomic mass is 79.9. The van der Waals surface area contributed by atoms with Crippen molar-refractivity contribution in [2.75, 3.05) is 7.11 Å². The molecule has 1 atom stereocenters. The first-order valence-electron chi connectivity index (χ1n) is 4.81. The molecule has 0 fully saturated rings. The molecule has 15 heavy (non-hydrogen) atoms. The predicted octanol–water partition coefficient (Wildman–Crippen LogP) is 3.28. The number of Topliss-reactive ketones (excluding diaryl/α,β-unsaturated/α-hetero) is 1. The molecule has 0 bridgehead atoms. The number of ether oxygens (including phenoxy) is 1. The lowest BCUT2D eigenvalue weighted by atomic mass is 10.0. The van der Waals surface area contributed by atoms with E-state index in [1.165, 1.54) is 0 Å². The highest BCUT2D eigenvalue weighted by molar-refractivity contribution is 9.10. The van der Waals surface area contributed by atoms with Crippen LogP contribution in [0.1, 0.15) is 28.4 Å². The van der Waals surface area contributed by atoms with Crippen LogP contribution in [0.3, 0.4) is 0 Å². The topological polar surface area (TPSA) is 26.3 Å². The van der Waals surface area contributed by atoms with Crippen LogP contribution in [0.4, 0.5) is 0 Å². The van der Waals surface area contributed by atoms with E-state index in [9.17, 15) is 4.79 Å². The van der Waals surface area contributed by atoms with Gasteiger partial charge in [-0.3, -0.25) is 4.79 Å². The van der Waals surface area contributed by atoms with Crippen molar-refractivity contribution in [1.29, 1.82) is 0 Å². The van der Waals surface area contributed by atoms with Crippen LogP contribution in [0.2, 0.25) is 0 Å². The fourth-order valence-corrected chi connectivity index (χ4v) is 1.91.